The van der Waals surface area contributed by atoms with E-state index >= 15 is 0 Å². The van der Waals surface area contributed by atoms with E-state index in [-0.39, 0.29) is 0 Å². The molecule has 0 aliphatic rings. The Morgan fingerprint density at radius 3 is 2.30 bits per heavy atom. The molecule has 1 unspecified atom stereocenters. The summed E-state index contributed by atoms with van der Waals surface area (Å²) in [6.07, 6.45) is 10.6. The number of pyridine rings is 1. The zero-order chi connectivity index (χ0) is 19.3. The lowest BCUT2D eigenvalue weighted by atomic mass is 9.92. The fourth-order valence-electron chi connectivity index (χ4n) is 3.46. The van der Waals surface area contributed by atoms with Gasteiger partial charge in [-0.25, -0.2) is 0 Å². The number of benzene rings is 1. The minimum atomic E-state index is 0.308. The Kier molecular flexibility index (Phi) is 10.4. The molecule has 0 bridgehead atoms. The summed E-state index contributed by atoms with van der Waals surface area (Å²) in [6, 6.07) is 14.4. The summed E-state index contributed by atoms with van der Waals surface area (Å²) in [4.78, 5) is 7.06. The highest BCUT2D eigenvalue weighted by atomic mass is 35.5. The molecule has 3 nitrogen and oxygen atoms in total. The molecular formula is C23H34ClN3. The van der Waals surface area contributed by atoms with Crippen LogP contribution < -0.4 is 5.73 Å². The molecule has 2 N–H and O–H groups in total. The number of halogens is 1. The molecule has 0 aliphatic heterocycles. The molecule has 1 heterocycles. The van der Waals surface area contributed by atoms with E-state index in [0.717, 1.165) is 36.8 Å². The van der Waals surface area contributed by atoms with E-state index in [1.807, 2.05) is 24.4 Å². The number of unbranched alkanes of at least 4 members (excludes halogenated alkanes) is 5. The van der Waals surface area contributed by atoms with Crippen LogP contribution in [0.3, 0.4) is 0 Å². The van der Waals surface area contributed by atoms with Gasteiger partial charge in [0, 0.05) is 22.8 Å². The number of hydrogen-bond donors (Lipinski definition) is 1. The van der Waals surface area contributed by atoms with Gasteiger partial charge >= 0.3 is 0 Å². The second-order valence-corrected chi connectivity index (χ2v) is 7.80. The van der Waals surface area contributed by atoms with Gasteiger partial charge in [-0.05, 0) is 75.8 Å². The Morgan fingerprint density at radius 1 is 0.926 bits per heavy atom. The second-order valence-electron chi connectivity index (χ2n) is 7.36. The molecule has 0 amide bonds. The van der Waals surface area contributed by atoms with E-state index < -0.39 is 0 Å². The lowest BCUT2D eigenvalue weighted by Gasteiger charge is -2.22. The highest BCUT2D eigenvalue weighted by molar-refractivity contribution is 6.30. The van der Waals surface area contributed by atoms with E-state index in [1.54, 1.807) is 0 Å². The molecule has 27 heavy (non-hydrogen) atoms. The van der Waals surface area contributed by atoms with Gasteiger partial charge in [0.05, 0.1) is 0 Å². The zero-order valence-electron chi connectivity index (χ0n) is 16.6. The van der Waals surface area contributed by atoms with Crippen molar-refractivity contribution in [1.29, 1.82) is 0 Å². The van der Waals surface area contributed by atoms with Gasteiger partial charge in [0.25, 0.3) is 0 Å². The normalized spacial score (nSPS) is 12.4. The molecule has 0 radical (unpaired) electrons. The lowest BCUT2D eigenvalue weighted by Crippen LogP contribution is -2.23. The van der Waals surface area contributed by atoms with Crippen LogP contribution in [-0.2, 0) is 0 Å². The Balaban J connectivity index is 1.81. The van der Waals surface area contributed by atoms with Crippen molar-refractivity contribution < 1.29 is 0 Å². The van der Waals surface area contributed by atoms with Crippen molar-refractivity contribution in [3.8, 4) is 0 Å². The summed E-state index contributed by atoms with van der Waals surface area (Å²) in [6.45, 7) is 3.05. The highest BCUT2D eigenvalue weighted by Gasteiger charge is 2.16. The number of nitrogens with two attached hydrogens (primary N) is 1. The van der Waals surface area contributed by atoms with E-state index in [1.165, 1.54) is 44.1 Å². The first-order chi connectivity index (χ1) is 13.2. The SMILES string of the molecule is CN(CCCCCCCCN)CCC(c1ccc(Cl)cc1)c1ccccn1. The second kappa shape index (κ2) is 12.9. The van der Waals surface area contributed by atoms with Crippen molar-refractivity contribution in [1.82, 2.24) is 9.88 Å². The van der Waals surface area contributed by atoms with E-state index in [9.17, 15) is 0 Å². The molecule has 0 saturated heterocycles. The summed E-state index contributed by atoms with van der Waals surface area (Å²) in [5.41, 5.74) is 7.96. The minimum absolute atomic E-state index is 0.308. The van der Waals surface area contributed by atoms with Gasteiger partial charge in [-0.15, -0.1) is 0 Å². The van der Waals surface area contributed by atoms with Crippen molar-refractivity contribution in [2.24, 2.45) is 5.73 Å². The maximum absolute atomic E-state index is 6.07. The Bertz CT molecular complexity index is 615. The molecule has 2 aromatic rings. The highest BCUT2D eigenvalue weighted by Crippen LogP contribution is 2.27. The molecule has 1 aromatic heterocycles. The fraction of sp³-hybridized carbons (Fsp3) is 0.522. The first-order valence-electron chi connectivity index (χ1n) is 10.3. The van der Waals surface area contributed by atoms with Crippen LogP contribution in [0.15, 0.2) is 48.7 Å². The van der Waals surface area contributed by atoms with Gasteiger partial charge in [0.15, 0.2) is 0 Å². The molecule has 148 valence electrons. The zero-order valence-corrected chi connectivity index (χ0v) is 17.4. The van der Waals surface area contributed by atoms with E-state index in [2.05, 4.69) is 41.2 Å². The van der Waals surface area contributed by atoms with Gasteiger partial charge in [-0.1, -0.05) is 55.5 Å². The Labute approximate surface area is 169 Å². The average Bonchev–Trinajstić information content (AvgIpc) is 2.69. The average molecular weight is 388 g/mol. The van der Waals surface area contributed by atoms with Crippen molar-refractivity contribution in [3.05, 3.63) is 64.9 Å². The third-order valence-electron chi connectivity index (χ3n) is 5.11. The van der Waals surface area contributed by atoms with Gasteiger partial charge in [-0.2, -0.15) is 0 Å². The van der Waals surface area contributed by atoms with Crippen LogP contribution in [0.25, 0.3) is 0 Å². The predicted octanol–water partition coefficient (Wildman–Crippen LogP) is 5.49. The third kappa shape index (κ3) is 8.42. The summed E-state index contributed by atoms with van der Waals surface area (Å²) < 4.78 is 0. The number of rotatable bonds is 13. The van der Waals surface area contributed by atoms with Gasteiger partial charge in [-0.3, -0.25) is 4.98 Å². The molecule has 0 saturated carbocycles. The summed E-state index contributed by atoms with van der Waals surface area (Å²) >= 11 is 6.07. The monoisotopic (exact) mass is 387 g/mol. The minimum Gasteiger partial charge on any atom is -0.330 e. The van der Waals surface area contributed by atoms with Crippen LogP contribution in [-0.4, -0.2) is 36.6 Å². The van der Waals surface area contributed by atoms with Crippen molar-refractivity contribution in [2.75, 3.05) is 26.7 Å². The standard InChI is InChI=1S/C23H34ClN3/c1-27(18-9-5-3-2-4-7-16-25)19-15-22(23-10-6-8-17-26-23)20-11-13-21(24)14-12-20/h6,8,10-14,17,22H,2-5,7,9,15-16,18-19,25H2,1H3. The first kappa shape index (κ1) is 21.9. The lowest BCUT2D eigenvalue weighted by molar-refractivity contribution is 0.313. The van der Waals surface area contributed by atoms with Gasteiger partial charge in [0.2, 0.25) is 0 Å². The number of hydrogen-bond acceptors (Lipinski definition) is 3. The molecule has 0 spiro atoms. The fourth-order valence-corrected chi connectivity index (χ4v) is 3.58. The molecule has 4 heteroatoms. The molecule has 0 fully saturated rings. The van der Waals surface area contributed by atoms with Crippen molar-refractivity contribution in [2.45, 2.75) is 50.9 Å². The summed E-state index contributed by atoms with van der Waals surface area (Å²) in [7, 11) is 2.23. The third-order valence-corrected chi connectivity index (χ3v) is 5.36. The predicted molar refractivity (Wildman–Crippen MR) is 116 cm³/mol. The molecule has 1 aromatic carbocycles. The molecule has 2 rings (SSSR count). The van der Waals surface area contributed by atoms with Crippen LogP contribution in [0.1, 0.15) is 62.1 Å². The summed E-state index contributed by atoms with van der Waals surface area (Å²) in [5, 5.41) is 0.780. The van der Waals surface area contributed by atoms with Crippen LogP contribution in [0.2, 0.25) is 5.02 Å². The maximum atomic E-state index is 6.07. The molecular weight excluding hydrogens is 354 g/mol. The largest absolute Gasteiger partial charge is 0.330 e. The van der Waals surface area contributed by atoms with Gasteiger partial charge < -0.3 is 10.6 Å². The van der Waals surface area contributed by atoms with E-state index in [4.69, 9.17) is 17.3 Å². The van der Waals surface area contributed by atoms with E-state index in [0.29, 0.717) is 5.92 Å². The maximum Gasteiger partial charge on any atom is 0.0478 e. The molecule has 1 atom stereocenters. The van der Waals surface area contributed by atoms with Crippen molar-refractivity contribution >= 4 is 11.6 Å². The topological polar surface area (TPSA) is 42.1 Å². The number of nitrogens with zero attached hydrogens (tertiary/aromatic N) is 2. The summed E-state index contributed by atoms with van der Waals surface area (Å²) in [5.74, 6) is 0.308. The molecule has 0 aliphatic carbocycles. The quantitative estimate of drug-likeness (QED) is 0.462. The van der Waals surface area contributed by atoms with Gasteiger partial charge in [0.1, 0.15) is 0 Å². The van der Waals surface area contributed by atoms with Crippen molar-refractivity contribution in [3.63, 3.8) is 0 Å². The first-order valence-corrected chi connectivity index (χ1v) is 10.6. The smallest absolute Gasteiger partial charge is 0.0478 e. The van der Waals surface area contributed by atoms with Crippen LogP contribution in [0, 0.1) is 0 Å². The number of aromatic nitrogens is 1. The van der Waals surface area contributed by atoms with Crippen LogP contribution in [0.4, 0.5) is 0 Å². The van der Waals surface area contributed by atoms with Crippen LogP contribution >= 0.6 is 11.6 Å². The van der Waals surface area contributed by atoms with Crippen LogP contribution in [0.5, 0.6) is 0 Å². The Hall–Kier alpha value is -1.42. The Morgan fingerprint density at radius 2 is 1.63 bits per heavy atom.